The number of benzene rings is 2. The van der Waals surface area contributed by atoms with Crippen LogP contribution in [0.5, 0.6) is 5.75 Å². The molecule has 7 heteroatoms. The highest BCUT2D eigenvalue weighted by Crippen LogP contribution is 2.12. The third kappa shape index (κ3) is 5.35. The Morgan fingerprint density at radius 2 is 1.75 bits per heavy atom. The van der Waals surface area contributed by atoms with E-state index in [-0.39, 0.29) is 6.42 Å². The third-order valence-corrected chi connectivity index (χ3v) is 3.07. The van der Waals surface area contributed by atoms with Crippen LogP contribution in [-0.4, -0.2) is 17.9 Å². The van der Waals surface area contributed by atoms with Gasteiger partial charge in [0, 0.05) is 0 Å². The van der Waals surface area contributed by atoms with E-state index in [1.165, 1.54) is 49.4 Å². The van der Waals surface area contributed by atoms with Crippen molar-refractivity contribution in [3.63, 3.8) is 0 Å². The average molecular weight is 334 g/mol. The molecule has 2 rings (SSSR count). The first-order valence-electron chi connectivity index (χ1n) is 7.19. The van der Waals surface area contributed by atoms with Crippen molar-refractivity contribution >= 4 is 11.8 Å². The standard InChI is InChI=1S/C17H16F2N2O3/c1-11(24-15-7-5-13(18)6-8-15)17(23)21-20-16(22)10-12-3-2-4-14(19)9-12/h2-9,11H,10H2,1H3,(H,20,22)(H,21,23)/t11-/m1/s1. The summed E-state index contributed by atoms with van der Waals surface area (Å²) >= 11 is 0. The first-order valence-corrected chi connectivity index (χ1v) is 7.19. The Kier molecular flexibility index (Phi) is 5.83. The molecule has 0 saturated heterocycles. The smallest absolute Gasteiger partial charge is 0.279 e. The second kappa shape index (κ2) is 8.05. The lowest BCUT2D eigenvalue weighted by Crippen LogP contribution is -2.47. The minimum atomic E-state index is -0.898. The Bertz CT molecular complexity index is 720. The van der Waals surface area contributed by atoms with Gasteiger partial charge in [0.05, 0.1) is 6.42 Å². The fourth-order valence-corrected chi connectivity index (χ4v) is 1.88. The maximum atomic E-state index is 13.0. The topological polar surface area (TPSA) is 67.4 Å². The number of carbonyl (C=O) groups is 2. The molecule has 5 nitrogen and oxygen atoms in total. The van der Waals surface area contributed by atoms with Gasteiger partial charge in [-0.2, -0.15) is 0 Å². The van der Waals surface area contributed by atoms with Gasteiger partial charge in [-0.1, -0.05) is 12.1 Å². The number of amides is 2. The zero-order valence-corrected chi connectivity index (χ0v) is 12.9. The summed E-state index contributed by atoms with van der Waals surface area (Å²) in [5, 5.41) is 0. The van der Waals surface area contributed by atoms with Gasteiger partial charge in [-0.25, -0.2) is 8.78 Å². The second-order valence-electron chi connectivity index (χ2n) is 5.06. The first kappa shape index (κ1) is 17.4. The van der Waals surface area contributed by atoms with Crippen molar-refractivity contribution in [2.45, 2.75) is 19.4 Å². The van der Waals surface area contributed by atoms with Gasteiger partial charge in [-0.15, -0.1) is 0 Å². The van der Waals surface area contributed by atoms with Crippen molar-refractivity contribution < 1.29 is 23.1 Å². The fraction of sp³-hybridized carbons (Fsp3) is 0.176. The van der Waals surface area contributed by atoms with Crippen LogP contribution in [0.25, 0.3) is 0 Å². The van der Waals surface area contributed by atoms with Gasteiger partial charge in [0.15, 0.2) is 6.10 Å². The molecule has 0 unspecified atom stereocenters. The van der Waals surface area contributed by atoms with Gasteiger partial charge in [-0.05, 0) is 48.9 Å². The van der Waals surface area contributed by atoms with Crippen LogP contribution in [0.15, 0.2) is 48.5 Å². The number of carbonyl (C=O) groups excluding carboxylic acids is 2. The Balaban J connectivity index is 1.79. The molecule has 0 radical (unpaired) electrons. The predicted octanol–water partition coefficient (Wildman–Crippen LogP) is 2.12. The van der Waals surface area contributed by atoms with E-state index in [0.29, 0.717) is 11.3 Å². The molecule has 2 amide bonds. The molecule has 0 fully saturated rings. The van der Waals surface area contributed by atoms with Gasteiger partial charge in [0.25, 0.3) is 5.91 Å². The molecular formula is C17H16F2N2O3. The monoisotopic (exact) mass is 334 g/mol. The SMILES string of the molecule is C[C@@H](Oc1ccc(F)cc1)C(=O)NNC(=O)Cc1cccc(F)c1. The van der Waals surface area contributed by atoms with Gasteiger partial charge in [0.2, 0.25) is 5.91 Å². The highest BCUT2D eigenvalue weighted by molar-refractivity contribution is 5.85. The molecule has 1 atom stereocenters. The predicted molar refractivity (Wildman–Crippen MR) is 82.9 cm³/mol. The molecule has 24 heavy (non-hydrogen) atoms. The maximum Gasteiger partial charge on any atom is 0.279 e. The van der Waals surface area contributed by atoms with Gasteiger partial charge in [0.1, 0.15) is 17.4 Å². The highest BCUT2D eigenvalue weighted by Gasteiger charge is 2.15. The van der Waals surface area contributed by atoms with Crippen molar-refractivity contribution in [1.82, 2.24) is 10.9 Å². The molecule has 0 aliphatic carbocycles. The molecule has 0 aliphatic rings. The Morgan fingerprint density at radius 3 is 2.42 bits per heavy atom. The number of hydrazine groups is 1. The summed E-state index contributed by atoms with van der Waals surface area (Å²) in [6.07, 6.45) is -0.976. The van der Waals surface area contributed by atoms with Gasteiger partial charge < -0.3 is 4.74 Å². The lowest BCUT2D eigenvalue weighted by atomic mass is 10.1. The molecule has 0 saturated carbocycles. The fourth-order valence-electron chi connectivity index (χ4n) is 1.88. The zero-order chi connectivity index (χ0) is 17.5. The molecule has 126 valence electrons. The molecule has 2 N–H and O–H groups in total. The number of halogens is 2. The first-order chi connectivity index (χ1) is 11.4. The average Bonchev–Trinajstić information content (AvgIpc) is 2.54. The lowest BCUT2D eigenvalue weighted by Gasteiger charge is -2.15. The minimum absolute atomic E-state index is 0.0781. The van der Waals surface area contributed by atoms with Crippen LogP contribution in [-0.2, 0) is 16.0 Å². The van der Waals surface area contributed by atoms with Crippen LogP contribution in [0, 0.1) is 11.6 Å². The lowest BCUT2D eigenvalue weighted by molar-refractivity contribution is -0.132. The van der Waals surface area contributed by atoms with Crippen molar-refractivity contribution in [2.75, 3.05) is 0 Å². The summed E-state index contributed by atoms with van der Waals surface area (Å²) in [6, 6.07) is 10.8. The Morgan fingerprint density at radius 1 is 1.04 bits per heavy atom. The van der Waals surface area contributed by atoms with E-state index >= 15 is 0 Å². The van der Waals surface area contributed by atoms with E-state index in [2.05, 4.69) is 10.9 Å². The molecule has 0 bridgehead atoms. The largest absolute Gasteiger partial charge is 0.481 e. The molecule has 2 aromatic rings. The van der Waals surface area contributed by atoms with E-state index in [1.807, 2.05) is 0 Å². The summed E-state index contributed by atoms with van der Waals surface area (Å²) in [5.74, 6) is -1.60. The maximum absolute atomic E-state index is 13.0. The second-order valence-corrected chi connectivity index (χ2v) is 5.06. The number of hydrogen-bond donors (Lipinski definition) is 2. The summed E-state index contributed by atoms with van der Waals surface area (Å²) in [4.78, 5) is 23.6. The van der Waals surface area contributed by atoms with Crippen molar-refractivity contribution in [2.24, 2.45) is 0 Å². The van der Waals surface area contributed by atoms with Crippen LogP contribution < -0.4 is 15.6 Å². The van der Waals surface area contributed by atoms with E-state index in [0.717, 1.165) is 0 Å². The van der Waals surface area contributed by atoms with Gasteiger partial charge in [-0.3, -0.25) is 20.4 Å². The molecular weight excluding hydrogens is 318 g/mol. The van der Waals surface area contributed by atoms with E-state index in [4.69, 9.17) is 4.74 Å². The summed E-state index contributed by atoms with van der Waals surface area (Å²) in [6.45, 7) is 1.48. The summed E-state index contributed by atoms with van der Waals surface area (Å²) in [5.41, 5.74) is 4.93. The Hall–Kier alpha value is -2.96. The van der Waals surface area contributed by atoms with Crippen molar-refractivity contribution in [3.05, 3.63) is 65.7 Å². The van der Waals surface area contributed by atoms with Crippen molar-refractivity contribution in [1.29, 1.82) is 0 Å². The highest BCUT2D eigenvalue weighted by atomic mass is 19.1. The number of rotatable bonds is 5. The zero-order valence-electron chi connectivity index (χ0n) is 12.9. The van der Waals surface area contributed by atoms with Crippen LogP contribution in [0.2, 0.25) is 0 Å². The normalized spacial score (nSPS) is 11.5. The Labute approximate surface area is 137 Å². The minimum Gasteiger partial charge on any atom is -0.481 e. The van der Waals surface area contributed by atoms with Crippen molar-refractivity contribution in [3.8, 4) is 5.75 Å². The van der Waals surface area contributed by atoms with Crippen LogP contribution >= 0.6 is 0 Å². The molecule has 0 aliphatic heterocycles. The van der Waals surface area contributed by atoms with E-state index in [1.54, 1.807) is 6.07 Å². The van der Waals surface area contributed by atoms with Crippen LogP contribution in [0.4, 0.5) is 8.78 Å². The molecule has 0 aromatic heterocycles. The summed E-state index contributed by atoms with van der Waals surface area (Å²) < 4.78 is 31.1. The van der Waals surface area contributed by atoms with Crippen LogP contribution in [0.3, 0.4) is 0 Å². The molecule has 0 heterocycles. The quantitative estimate of drug-likeness (QED) is 0.823. The van der Waals surface area contributed by atoms with Crippen LogP contribution in [0.1, 0.15) is 12.5 Å². The molecule has 2 aromatic carbocycles. The summed E-state index contributed by atoms with van der Waals surface area (Å²) in [7, 11) is 0. The number of nitrogens with one attached hydrogen (secondary N) is 2. The number of ether oxygens (including phenoxy) is 1. The molecule has 0 spiro atoms. The van der Waals surface area contributed by atoms with E-state index < -0.39 is 29.6 Å². The number of hydrogen-bond acceptors (Lipinski definition) is 3. The third-order valence-electron chi connectivity index (χ3n) is 3.07. The van der Waals surface area contributed by atoms with Gasteiger partial charge >= 0.3 is 0 Å². The van der Waals surface area contributed by atoms with E-state index in [9.17, 15) is 18.4 Å².